The molecule has 5 rings (SSSR count). The molecule has 212 valence electrons. The van der Waals surface area contributed by atoms with Crippen LogP contribution in [0.15, 0.2) is 18.6 Å². The fourth-order valence-electron chi connectivity index (χ4n) is 5.27. The van der Waals surface area contributed by atoms with Gasteiger partial charge in [0, 0.05) is 56.9 Å². The second-order valence-electron chi connectivity index (χ2n) is 10.7. The van der Waals surface area contributed by atoms with Crippen molar-refractivity contribution in [2.75, 3.05) is 50.0 Å². The Hall–Kier alpha value is -3.48. The number of halogens is 1. The minimum Gasteiger partial charge on any atom is -0.444 e. The number of likely N-dealkylation sites (tertiary alicyclic amines) is 2. The highest BCUT2D eigenvalue weighted by Crippen LogP contribution is 2.25. The summed E-state index contributed by atoms with van der Waals surface area (Å²) < 4.78 is 26.0. The molecule has 0 bridgehead atoms. The van der Waals surface area contributed by atoms with Crippen LogP contribution in [0.4, 0.5) is 21.1 Å². The maximum Gasteiger partial charge on any atom is 0.410 e. The van der Waals surface area contributed by atoms with Gasteiger partial charge in [-0.3, -0.25) is 4.79 Å². The van der Waals surface area contributed by atoms with E-state index in [2.05, 4.69) is 36.2 Å². The predicted molar refractivity (Wildman–Crippen MR) is 142 cm³/mol. The SMILES string of the molecule is C=C(F)C(=O)N1CCC(OC(=O)N2CCC(Nc3nc(NC4CCOCC4)nc4c(C(C)C)cnn34)CC2)C1. The molecule has 2 aromatic heterocycles. The van der Waals surface area contributed by atoms with Gasteiger partial charge >= 0.3 is 6.09 Å². The molecule has 3 saturated heterocycles. The van der Waals surface area contributed by atoms with Crippen LogP contribution in [0.3, 0.4) is 0 Å². The van der Waals surface area contributed by atoms with Crippen LogP contribution in [0, 0.1) is 0 Å². The van der Waals surface area contributed by atoms with Gasteiger partial charge in [0.05, 0.1) is 12.7 Å². The molecule has 3 fully saturated rings. The third kappa shape index (κ3) is 6.23. The number of hydrogen-bond donors (Lipinski definition) is 2. The van der Waals surface area contributed by atoms with Gasteiger partial charge in [0.2, 0.25) is 11.9 Å². The topological polar surface area (TPSA) is 126 Å². The zero-order chi connectivity index (χ0) is 27.5. The van der Waals surface area contributed by atoms with Gasteiger partial charge in [0.25, 0.3) is 5.91 Å². The van der Waals surface area contributed by atoms with Crippen molar-refractivity contribution in [2.45, 2.75) is 70.1 Å². The summed E-state index contributed by atoms with van der Waals surface area (Å²) in [4.78, 5) is 37.1. The summed E-state index contributed by atoms with van der Waals surface area (Å²) in [6, 6.07) is 0.347. The number of anilines is 2. The monoisotopic (exact) mass is 544 g/mol. The predicted octanol–water partition coefficient (Wildman–Crippen LogP) is 2.94. The number of ether oxygens (including phenoxy) is 2. The number of nitrogens with zero attached hydrogens (tertiary/aromatic N) is 6. The standard InChI is InChI=1S/C26H37FN8O4/c1-16(2)21-14-28-35-22(21)31-24(29-19-7-12-38-13-8-19)32-25(35)30-18-4-9-33(10-5-18)26(37)39-20-6-11-34(15-20)23(36)17(3)27/h14,16,18-20H,3-13,15H2,1-2H3,(H2,29,30,31,32). The van der Waals surface area contributed by atoms with E-state index in [0.717, 1.165) is 37.3 Å². The van der Waals surface area contributed by atoms with Crippen molar-refractivity contribution in [1.82, 2.24) is 29.4 Å². The van der Waals surface area contributed by atoms with Crippen LogP contribution in [0.2, 0.25) is 0 Å². The van der Waals surface area contributed by atoms with Crippen molar-refractivity contribution >= 4 is 29.5 Å². The molecule has 0 saturated carbocycles. The number of fused-ring (bicyclic) bond motifs is 1. The van der Waals surface area contributed by atoms with E-state index in [1.54, 1.807) is 9.42 Å². The molecule has 39 heavy (non-hydrogen) atoms. The lowest BCUT2D eigenvalue weighted by Crippen LogP contribution is -2.44. The summed E-state index contributed by atoms with van der Waals surface area (Å²) in [7, 11) is 0. The number of nitrogens with one attached hydrogen (secondary N) is 2. The van der Waals surface area contributed by atoms with E-state index in [0.29, 0.717) is 50.8 Å². The molecule has 3 aliphatic rings. The lowest BCUT2D eigenvalue weighted by Gasteiger charge is -2.32. The summed E-state index contributed by atoms with van der Waals surface area (Å²) in [5, 5.41) is 11.6. The lowest BCUT2D eigenvalue weighted by molar-refractivity contribution is -0.128. The largest absolute Gasteiger partial charge is 0.444 e. The fourth-order valence-corrected chi connectivity index (χ4v) is 5.27. The first-order chi connectivity index (χ1) is 18.8. The van der Waals surface area contributed by atoms with Gasteiger partial charge in [-0.2, -0.15) is 19.6 Å². The van der Waals surface area contributed by atoms with Crippen LogP contribution in [0.1, 0.15) is 57.4 Å². The summed E-state index contributed by atoms with van der Waals surface area (Å²) in [5.74, 6) is -0.299. The van der Waals surface area contributed by atoms with E-state index in [-0.39, 0.29) is 24.5 Å². The normalized spacial score (nSPS) is 21.0. The number of carbonyl (C=O) groups excluding carboxylic acids is 2. The highest BCUT2D eigenvalue weighted by atomic mass is 19.1. The second kappa shape index (κ2) is 11.7. The minimum atomic E-state index is -1.00. The van der Waals surface area contributed by atoms with Gasteiger partial charge in [-0.15, -0.1) is 0 Å². The molecular formula is C26H37FN8O4. The molecule has 0 aliphatic carbocycles. The van der Waals surface area contributed by atoms with Gasteiger partial charge in [0.15, 0.2) is 11.5 Å². The third-order valence-electron chi connectivity index (χ3n) is 7.59. The molecule has 2 aromatic rings. The first-order valence-corrected chi connectivity index (χ1v) is 13.7. The Morgan fingerprint density at radius 1 is 1.05 bits per heavy atom. The van der Waals surface area contributed by atoms with Gasteiger partial charge in [0.1, 0.15) is 6.10 Å². The van der Waals surface area contributed by atoms with Crippen LogP contribution >= 0.6 is 0 Å². The molecule has 0 radical (unpaired) electrons. The molecule has 5 heterocycles. The fraction of sp³-hybridized carbons (Fsp3) is 0.654. The van der Waals surface area contributed by atoms with Gasteiger partial charge in [-0.05, 0) is 31.6 Å². The van der Waals surface area contributed by atoms with Crippen molar-refractivity contribution in [3.8, 4) is 0 Å². The second-order valence-corrected chi connectivity index (χ2v) is 10.7. The zero-order valence-electron chi connectivity index (χ0n) is 22.6. The number of aromatic nitrogens is 4. The molecule has 13 heteroatoms. The summed E-state index contributed by atoms with van der Waals surface area (Å²) >= 11 is 0. The summed E-state index contributed by atoms with van der Waals surface area (Å²) in [6.45, 7) is 10.3. The van der Waals surface area contributed by atoms with Gasteiger partial charge in [-0.25, -0.2) is 9.18 Å². The molecule has 1 atom stereocenters. The molecule has 12 nitrogen and oxygen atoms in total. The van der Waals surface area contributed by atoms with Gasteiger partial charge < -0.3 is 29.9 Å². The number of piperidine rings is 1. The molecule has 0 spiro atoms. The molecule has 1 unspecified atom stereocenters. The Bertz CT molecular complexity index is 1210. The highest BCUT2D eigenvalue weighted by molar-refractivity contribution is 5.90. The molecular weight excluding hydrogens is 507 g/mol. The first-order valence-electron chi connectivity index (χ1n) is 13.7. The number of rotatable bonds is 7. The first kappa shape index (κ1) is 27.1. The van der Waals surface area contributed by atoms with Crippen LogP contribution in [0.5, 0.6) is 0 Å². The van der Waals surface area contributed by atoms with Gasteiger partial charge in [-0.1, -0.05) is 20.4 Å². The van der Waals surface area contributed by atoms with Crippen LogP contribution < -0.4 is 10.6 Å². The quantitative estimate of drug-likeness (QED) is 0.506. The summed E-state index contributed by atoms with van der Waals surface area (Å²) in [5.41, 5.74) is 1.83. The maximum atomic E-state index is 13.1. The third-order valence-corrected chi connectivity index (χ3v) is 7.59. The molecule has 2 amide bonds. The lowest BCUT2D eigenvalue weighted by atomic mass is 10.1. The van der Waals surface area contributed by atoms with E-state index < -0.39 is 23.9 Å². The maximum absolute atomic E-state index is 13.1. The van der Waals surface area contributed by atoms with Crippen LogP contribution in [-0.2, 0) is 14.3 Å². The average molecular weight is 545 g/mol. The molecule has 0 aromatic carbocycles. The average Bonchev–Trinajstić information content (AvgIpc) is 3.57. The Labute approximate surface area is 226 Å². The molecule has 3 aliphatic heterocycles. The van der Waals surface area contributed by atoms with E-state index >= 15 is 0 Å². The Balaban J connectivity index is 1.20. The van der Waals surface area contributed by atoms with E-state index in [9.17, 15) is 14.0 Å². The smallest absolute Gasteiger partial charge is 0.410 e. The molecule has 2 N–H and O–H groups in total. The Kier molecular flexibility index (Phi) is 8.15. The van der Waals surface area contributed by atoms with E-state index in [4.69, 9.17) is 19.4 Å². The van der Waals surface area contributed by atoms with Crippen LogP contribution in [0.25, 0.3) is 5.65 Å². The van der Waals surface area contributed by atoms with Crippen molar-refractivity contribution in [3.63, 3.8) is 0 Å². The Morgan fingerprint density at radius 3 is 2.44 bits per heavy atom. The van der Waals surface area contributed by atoms with Crippen LogP contribution in [-0.4, -0.2) is 99.0 Å². The summed E-state index contributed by atoms with van der Waals surface area (Å²) in [6.07, 6.45) is 4.70. The van der Waals surface area contributed by atoms with Crippen molar-refractivity contribution in [2.24, 2.45) is 0 Å². The zero-order valence-corrected chi connectivity index (χ0v) is 22.6. The van der Waals surface area contributed by atoms with E-state index in [1.165, 1.54) is 4.90 Å². The number of carbonyl (C=O) groups is 2. The number of hydrogen-bond acceptors (Lipinski definition) is 9. The number of amides is 2. The highest BCUT2D eigenvalue weighted by Gasteiger charge is 2.32. The van der Waals surface area contributed by atoms with Crippen molar-refractivity contribution < 1.29 is 23.5 Å². The van der Waals surface area contributed by atoms with Crippen molar-refractivity contribution in [3.05, 3.63) is 24.2 Å². The van der Waals surface area contributed by atoms with E-state index in [1.807, 2.05) is 6.20 Å². The van der Waals surface area contributed by atoms with Crippen molar-refractivity contribution in [1.29, 1.82) is 0 Å². The minimum absolute atomic E-state index is 0.0879. The Morgan fingerprint density at radius 2 is 1.74 bits per heavy atom.